The molecule has 1 aliphatic rings. The molecular formula is C23H35N. The van der Waals surface area contributed by atoms with Crippen molar-refractivity contribution < 1.29 is 0 Å². The lowest BCUT2D eigenvalue weighted by Gasteiger charge is -2.35. The predicted octanol–water partition coefficient (Wildman–Crippen LogP) is 6.95. The van der Waals surface area contributed by atoms with E-state index in [9.17, 15) is 5.26 Å². The molecule has 0 aromatic heterocycles. The van der Waals surface area contributed by atoms with E-state index in [0.29, 0.717) is 0 Å². The zero-order chi connectivity index (χ0) is 17.3. The molecule has 1 aliphatic carbocycles. The highest BCUT2D eigenvalue weighted by Gasteiger charge is 2.36. The molecule has 1 aromatic rings. The number of hydrogen-bond donors (Lipinski definition) is 0. The Morgan fingerprint density at radius 2 is 1.62 bits per heavy atom. The summed E-state index contributed by atoms with van der Waals surface area (Å²) in [5.41, 5.74) is 2.44. The molecule has 0 atom stereocenters. The molecule has 1 nitrogen and oxygen atoms in total. The molecule has 1 fully saturated rings. The van der Waals surface area contributed by atoms with Gasteiger partial charge in [0.2, 0.25) is 0 Å². The zero-order valence-corrected chi connectivity index (χ0v) is 15.8. The normalized spacial score (nSPS) is 23.8. The lowest BCUT2D eigenvalue weighted by molar-refractivity contribution is 0.261. The summed E-state index contributed by atoms with van der Waals surface area (Å²) in [5.74, 6) is 0.854. The second-order valence-electron chi connectivity index (χ2n) is 7.79. The SMILES string of the molecule is CCCCCCC[C@H]1CC[C@@](C#N)(c2ccc(CCC)cc2)CC1. The summed E-state index contributed by atoms with van der Waals surface area (Å²) in [6.45, 7) is 4.49. The second kappa shape index (κ2) is 9.87. The summed E-state index contributed by atoms with van der Waals surface area (Å²) >= 11 is 0. The van der Waals surface area contributed by atoms with Crippen LogP contribution in [0.15, 0.2) is 24.3 Å². The van der Waals surface area contributed by atoms with E-state index in [1.807, 2.05) is 0 Å². The number of hydrogen-bond acceptors (Lipinski definition) is 1. The van der Waals surface area contributed by atoms with Crippen LogP contribution in [0.4, 0.5) is 0 Å². The fourth-order valence-corrected chi connectivity index (χ4v) is 4.24. The van der Waals surface area contributed by atoms with Crippen molar-refractivity contribution in [1.82, 2.24) is 0 Å². The van der Waals surface area contributed by atoms with Crippen molar-refractivity contribution in [3.05, 3.63) is 35.4 Å². The second-order valence-corrected chi connectivity index (χ2v) is 7.79. The molecule has 0 radical (unpaired) electrons. The number of nitriles is 1. The van der Waals surface area contributed by atoms with E-state index in [-0.39, 0.29) is 5.41 Å². The van der Waals surface area contributed by atoms with Crippen LogP contribution in [-0.2, 0) is 11.8 Å². The van der Waals surface area contributed by atoms with E-state index in [4.69, 9.17) is 0 Å². The van der Waals surface area contributed by atoms with Crippen LogP contribution in [0, 0.1) is 17.2 Å². The first-order chi connectivity index (χ1) is 11.7. The van der Waals surface area contributed by atoms with Crippen molar-refractivity contribution in [3.8, 4) is 6.07 Å². The molecule has 1 aromatic carbocycles. The summed E-state index contributed by atoms with van der Waals surface area (Å²) in [6.07, 6.45) is 15.2. The van der Waals surface area contributed by atoms with Gasteiger partial charge in [-0.15, -0.1) is 0 Å². The summed E-state index contributed by atoms with van der Waals surface area (Å²) in [4.78, 5) is 0. The molecule has 1 saturated carbocycles. The number of benzene rings is 1. The maximum atomic E-state index is 9.88. The minimum atomic E-state index is -0.219. The summed E-state index contributed by atoms with van der Waals surface area (Å²) in [6, 6.07) is 11.6. The van der Waals surface area contributed by atoms with Gasteiger partial charge in [0.15, 0.2) is 0 Å². The average Bonchev–Trinajstić information content (AvgIpc) is 2.63. The van der Waals surface area contributed by atoms with Crippen LogP contribution in [0.5, 0.6) is 0 Å². The summed E-state index contributed by atoms with van der Waals surface area (Å²) in [5, 5.41) is 9.88. The molecular weight excluding hydrogens is 290 g/mol. The van der Waals surface area contributed by atoms with E-state index in [1.54, 1.807) is 0 Å². The highest BCUT2D eigenvalue weighted by Crippen LogP contribution is 2.42. The highest BCUT2D eigenvalue weighted by atomic mass is 14.4. The smallest absolute Gasteiger partial charge is 0.0822 e. The molecule has 0 saturated heterocycles. The molecule has 2 rings (SSSR count). The Balaban J connectivity index is 1.86. The first-order valence-corrected chi connectivity index (χ1v) is 10.2. The topological polar surface area (TPSA) is 23.8 Å². The van der Waals surface area contributed by atoms with Gasteiger partial charge in [-0.25, -0.2) is 0 Å². The lowest BCUT2D eigenvalue weighted by Crippen LogP contribution is -2.30. The molecule has 0 unspecified atom stereocenters. The number of aryl methyl sites for hydroxylation is 1. The van der Waals surface area contributed by atoms with Gasteiger partial charge in [0.25, 0.3) is 0 Å². The van der Waals surface area contributed by atoms with Gasteiger partial charge in [-0.2, -0.15) is 5.26 Å². The van der Waals surface area contributed by atoms with Gasteiger partial charge in [0, 0.05) is 0 Å². The monoisotopic (exact) mass is 325 g/mol. The molecule has 0 bridgehead atoms. The van der Waals surface area contributed by atoms with Crippen LogP contribution in [0.2, 0.25) is 0 Å². The molecule has 0 heterocycles. The average molecular weight is 326 g/mol. The zero-order valence-electron chi connectivity index (χ0n) is 15.8. The minimum Gasteiger partial charge on any atom is -0.197 e. The van der Waals surface area contributed by atoms with Gasteiger partial charge in [-0.05, 0) is 49.1 Å². The van der Waals surface area contributed by atoms with Crippen LogP contribution in [-0.4, -0.2) is 0 Å². The van der Waals surface area contributed by atoms with Crippen molar-refractivity contribution in [2.24, 2.45) is 5.92 Å². The largest absolute Gasteiger partial charge is 0.197 e. The van der Waals surface area contributed by atoms with Crippen molar-refractivity contribution in [3.63, 3.8) is 0 Å². The fraction of sp³-hybridized carbons (Fsp3) is 0.696. The molecule has 24 heavy (non-hydrogen) atoms. The third-order valence-corrected chi connectivity index (χ3v) is 5.93. The summed E-state index contributed by atoms with van der Waals surface area (Å²) in [7, 11) is 0. The summed E-state index contributed by atoms with van der Waals surface area (Å²) < 4.78 is 0. The van der Waals surface area contributed by atoms with Crippen molar-refractivity contribution in [2.45, 2.75) is 96.3 Å². The van der Waals surface area contributed by atoms with E-state index >= 15 is 0 Å². The number of unbranched alkanes of at least 4 members (excludes halogenated alkanes) is 4. The van der Waals surface area contributed by atoms with E-state index in [2.05, 4.69) is 44.2 Å². The van der Waals surface area contributed by atoms with Crippen LogP contribution in [0.1, 0.15) is 95.6 Å². The Bertz CT molecular complexity index is 500. The Kier molecular flexibility index (Phi) is 7.83. The van der Waals surface area contributed by atoms with Crippen LogP contribution in [0.25, 0.3) is 0 Å². The Morgan fingerprint density at radius 3 is 2.21 bits per heavy atom. The lowest BCUT2D eigenvalue weighted by atomic mass is 9.66. The Morgan fingerprint density at radius 1 is 0.958 bits per heavy atom. The first kappa shape index (κ1) is 19.0. The number of nitrogens with zero attached hydrogens (tertiary/aromatic N) is 1. The third kappa shape index (κ3) is 5.10. The van der Waals surface area contributed by atoms with E-state index in [0.717, 1.165) is 25.2 Å². The predicted molar refractivity (Wildman–Crippen MR) is 103 cm³/mol. The quantitative estimate of drug-likeness (QED) is 0.450. The maximum absolute atomic E-state index is 9.88. The fourth-order valence-electron chi connectivity index (χ4n) is 4.24. The van der Waals surface area contributed by atoms with Gasteiger partial charge in [-0.3, -0.25) is 0 Å². The molecule has 0 amide bonds. The van der Waals surface area contributed by atoms with Crippen LogP contribution >= 0.6 is 0 Å². The van der Waals surface area contributed by atoms with Gasteiger partial charge in [0.1, 0.15) is 0 Å². The molecule has 132 valence electrons. The van der Waals surface area contributed by atoms with Crippen molar-refractivity contribution >= 4 is 0 Å². The Labute approximate surface area is 149 Å². The molecule has 0 spiro atoms. The van der Waals surface area contributed by atoms with E-state index in [1.165, 1.54) is 68.9 Å². The highest BCUT2D eigenvalue weighted by molar-refractivity contribution is 5.35. The van der Waals surface area contributed by atoms with Crippen LogP contribution in [0.3, 0.4) is 0 Å². The van der Waals surface area contributed by atoms with Crippen LogP contribution < -0.4 is 0 Å². The number of rotatable bonds is 9. The van der Waals surface area contributed by atoms with Gasteiger partial charge < -0.3 is 0 Å². The Hall–Kier alpha value is -1.29. The van der Waals surface area contributed by atoms with Gasteiger partial charge in [-0.1, -0.05) is 83.1 Å². The molecule has 0 N–H and O–H groups in total. The van der Waals surface area contributed by atoms with Gasteiger partial charge >= 0.3 is 0 Å². The van der Waals surface area contributed by atoms with Crippen molar-refractivity contribution in [2.75, 3.05) is 0 Å². The molecule has 1 heteroatoms. The third-order valence-electron chi connectivity index (χ3n) is 5.93. The first-order valence-electron chi connectivity index (χ1n) is 10.2. The minimum absolute atomic E-state index is 0.219. The van der Waals surface area contributed by atoms with Crippen molar-refractivity contribution in [1.29, 1.82) is 5.26 Å². The molecule has 0 aliphatic heterocycles. The van der Waals surface area contributed by atoms with Gasteiger partial charge in [0.05, 0.1) is 11.5 Å². The standard InChI is InChI=1S/C23H35N/c1-3-5-6-7-8-10-21-15-17-23(19-24,18-16-21)22-13-11-20(9-4-2)12-14-22/h11-14,21H,3-10,15-18H2,1-2H3/t21-,23+. The maximum Gasteiger partial charge on any atom is 0.0822 e. The van der Waals surface area contributed by atoms with E-state index < -0.39 is 0 Å².